The van der Waals surface area contributed by atoms with Gasteiger partial charge in [-0.15, -0.1) is 0 Å². The van der Waals surface area contributed by atoms with E-state index in [0.717, 1.165) is 6.42 Å². The summed E-state index contributed by atoms with van der Waals surface area (Å²) in [5, 5.41) is 0. The second kappa shape index (κ2) is 4.17. The van der Waals surface area contributed by atoms with E-state index in [1.165, 1.54) is 12.0 Å². The van der Waals surface area contributed by atoms with Crippen molar-refractivity contribution < 1.29 is 0 Å². The normalized spacial score (nSPS) is 12.9. The van der Waals surface area contributed by atoms with E-state index in [-0.39, 0.29) is 0 Å². The summed E-state index contributed by atoms with van der Waals surface area (Å²) >= 11 is 0. The van der Waals surface area contributed by atoms with Crippen LogP contribution in [0.15, 0.2) is 30.3 Å². The van der Waals surface area contributed by atoms with E-state index in [9.17, 15) is 0 Å². The third kappa shape index (κ3) is 2.38. The van der Waals surface area contributed by atoms with Gasteiger partial charge in [0.05, 0.1) is 0 Å². The molecule has 59 valence electrons. The minimum atomic E-state index is 0.661. The summed E-state index contributed by atoms with van der Waals surface area (Å²) in [5.41, 5.74) is 1.43. The van der Waals surface area contributed by atoms with Crippen molar-refractivity contribution in [2.45, 2.75) is 25.7 Å². The third-order valence-corrected chi connectivity index (χ3v) is 2.01. The summed E-state index contributed by atoms with van der Waals surface area (Å²) in [6.45, 7) is 6.10. The molecule has 1 aromatic rings. The van der Waals surface area contributed by atoms with Crippen molar-refractivity contribution in [1.82, 2.24) is 0 Å². The first-order valence-corrected chi connectivity index (χ1v) is 4.18. The Balaban J connectivity index is 2.61. The maximum absolute atomic E-state index is 3.85. The summed E-state index contributed by atoms with van der Waals surface area (Å²) < 4.78 is 0. The van der Waals surface area contributed by atoms with Crippen LogP contribution in [0.1, 0.15) is 31.2 Å². The Bertz CT molecular complexity index is 188. The molecule has 0 aromatic heterocycles. The average molecular weight is 147 g/mol. The van der Waals surface area contributed by atoms with Crippen LogP contribution < -0.4 is 0 Å². The molecule has 0 N–H and O–H groups in total. The Morgan fingerprint density at radius 2 is 1.91 bits per heavy atom. The zero-order valence-corrected chi connectivity index (χ0v) is 7.09. The van der Waals surface area contributed by atoms with Crippen molar-refractivity contribution in [2.75, 3.05) is 0 Å². The van der Waals surface area contributed by atoms with Gasteiger partial charge in [-0.25, -0.2) is 0 Å². The molecule has 0 aliphatic carbocycles. The standard InChI is InChI=1S/C11H15/c1-3-7-10(2)11-8-5-4-6-9-11/h4-6,8-10H,1,3,7H2,2H3. The van der Waals surface area contributed by atoms with Crippen LogP contribution in [0.25, 0.3) is 0 Å². The number of rotatable bonds is 3. The van der Waals surface area contributed by atoms with Crippen LogP contribution in [0.4, 0.5) is 0 Å². The molecule has 1 aromatic carbocycles. The summed E-state index contributed by atoms with van der Waals surface area (Å²) in [5.74, 6) is 0.661. The molecule has 0 saturated carbocycles. The Morgan fingerprint density at radius 3 is 2.45 bits per heavy atom. The van der Waals surface area contributed by atoms with Gasteiger partial charge in [-0.3, -0.25) is 0 Å². The Labute approximate surface area is 69.3 Å². The van der Waals surface area contributed by atoms with E-state index in [1.807, 2.05) is 0 Å². The largest absolute Gasteiger partial charge is 0.0622 e. The molecule has 1 unspecified atom stereocenters. The predicted molar refractivity (Wildman–Crippen MR) is 49.4 cm³/mol. The molecule has 11 heavy (non-hydrogen) atoms. The van der Waals surface area contributed by atoms with Gasteiger partial charge >= 0.3 is 0 Å². The minimum Gasteiger partial charge on any atom is -0.0622 e. The van der Waals surface area contributed by atoms with Crippen molar-refractivity contribution in [2.24, 2.45) is 0 Å². The van der Waals surface area contributed by atoms with Crippen LogP contribution in [0.3, 0.4) is 0 Å². The molecule has 0 nitrogen and oxygen atoms in total. The molecule has 0 heterocycles. The maximum Gasteiger partial charge on any atom is -0.0190 e. The van der Waals surface area contributed by atoms with Gasteiger partial charge < -0.3 is 0 Å². The first-order valence-electron chi connectivity index (χ1n) is 4.18. The Morgan fingerprint density at radius 1 is 1.27 bits per heavy atom. The van der Waals surface area contributed by atoms with Crippen molar-refractivity contribution in [3.05, 3.63) is 42.8 Å². The average Bonchev–Trinajstić information content (AvgIpc) is 2.07. The van der Waals surface area contributed by atoms with Crippen molar-refractivity contribution in [3.63, 3.8) is 0 Å². The molecular weight excluding hydrogens is 132 g/mol. The van der Waals surface area contributed by atoms with Crippen LogP contribution in [-0.2, 0) is 0 Å². The highest BCUT2D eigenvalue weighted by Crippen LogP contribution is 2.19. The number of hydrogen-bond acceptors (Lipinski definition) is 0. The first-order chi connectivity index (χ1) is 5.34. The lowest BCUT2D eigenvalue weighted by atomic mass is 9.97. The Kier molecular flexibility index (Phi) is 3.15. The number of benzene rings is 1. The highest BCUT2D eigenvalue weighted by molar-refractivity contribution is 5.18. The second-order valence-electron chi connectivity index (χ2n) is 2.95. The summed E-state index contributed by atoms with van der Waals surface area (Å²) in [6.07, 6.45) is 2.21. The maximum atomic E-state index is 3.85. The van der Waals surface area contributed by atoms with Gasteiger partial charge in [-0.05, 0) is 17.9 Å². The van der Waals surface area contributed by atoms with E-state index in [2.05, 4.69) is 44.2 Å². The molecule has 1 radical (unpaired) electrons. The molecule has 0 heteroatoms. The van der Waals surface area contributed by atoms with Gasteiger partial charge in [0.25, 0.3) is 0 Å². The molecule has 0 bridgehead atoms. The fraction of sp³-hybridized carbons (Fsp3) is 0.364. The Hall–Kier alpha value is -0.780. The second-order valence-corrected chi connectivity index (χ2v) is 2.95. The molecule has 1 rings (SSSR count). The van der Waals surface area contributed by atoms with Crippen LogP contribution >= 0.6 is 0 Å². The molecule has 1 atom stereocenters. The summed E-state index contributed by atoms with van der Waals surface area (Å²) in [7, 11) is 0. The van der Waals surface area contributed by atoms with Gasteiger partial charge in [0.15, 0.2) is 0 Å². The third-order valence-electron chi connectivity index (χ3n) is 2.01. The van der Waals surface area contributed by atoms with E-state index in [1.54, 1.807) is 0 Å². The van der Waals surface area contributed by atoms with E-state index < -0.39 is 0 Å². The van der Waals surface area contributed by atoms with Crippen LogP contribution in [0, 0.1) is 6.92 Å². The van der Waals surface area contributed by atoms with E-state index >= 15 is 0 Å². The van der Waals surface area contributed by atoms with Gasteiger partial charge in [0.2, 0.25) is 0 Å². The molecule has 0 fully saturated rings. The van der Waals surface area contributed by atoms with Crippen LogP contribution in [0.5, 0.6) is 0 Å². The van der Waals surface area contributed by atoms with Crippen LogP contribution in [0.2, 0.25) is 0 Å². The number of hydrogen-bond donors (Lipinski definition) is 0. The highest BCUT2D eigenvalue weighted by atomic mass is 14.1. The van der Waals surface area contributed by atoms with E-state index in [0.29, 0.717) is 5.92 Å². The lowest BCUT2D eigenvalue weighted by molar-refractivity contribution is 0.689. The van der Waals surface area contributed by atoms with Crippen molar-refractivity contribution >= 4 is 0 Å². The van der Waals surface area contributed by atoms with E-state index in [4.69, 9.17) is 0 Å². The van der Waals surface area contributed by atoms with Crippen molar-refractivity contribution in [1.29, 1.82) is 0 Å². The lowest BCUT2D eigenvalue weighted by Crippen LogP contribution is -1.91. The van der Waals surface area contributed by atoms with Crippen molar-refractivity contribution in [3.8, 4) is 0 Å². The van der Waals surface area contributed by atoms with Crippen LogP contribution in [-0.4, -0.2) is 0 Å². The lowest BCUT2D eigenvalue weighted by Gasteiger charge is -2.08. The SMILES string of the molecule is [CH2]CCC(C)c1ccccc1. The fourth-order valence-corrected chi connectivity index (χ4v) is 1.25. The molecule has 0 aliphatic rings. The summed E-state index contributed by atoms with van der Waals surface area (Å²) in [4.78, 5) is 0. The minimum absolute atomic E-state index is 0.661. The smallest absolute Gasteiger partial charge is 0.0190 e. The van der Waals surface area contributed by atoms with Gasteiger partial charge in [-0.1, -0.05) is 50.6 Å². The predicted octanol–water partition coefficient (Wildman–Crippen LogP) is 3.40. The summed E-state index contributed by atoms with van der Waals surface area (Å²) in [6, 6.07) is 10.6. The molecule has 0 amide bonds. The fourth-order valence-electron chi connectivity index (χ4n) is 1.25. The zero-order valence-electron chi connectivity index (χ0n) is 7.09. The molecular formula is C11H15. The zero-order chi connectivity index (χ0) is 8.10. The highest BCUT2D eigenvalue weighted by Gasteiger charge is 2.01. The molecule has 0 saturated heterocycles. The molecule has 0 spiro atoms. The van der Waals surface area contributed by atoms with Gasteiger partial charge in [0, 0.05) is 0 Å². The quantitative estimate of drug-likeness (QED) is 0.614. The first kappa shape index (κ1) is 8.32. The monoisotopic (exact) mass is 147 g/mol. The van der Waals surface area contributed by atoms with Gasteiger partial charge in [-0.2, -0.15) is 0 Å². The van der Waals surface area contributed by atoms with Gasteiger partial charge in [0.1, 0.15) is 0 Å². The topological polar surface area (TPSA) is 0 Å². The molecule has 0 aliphatic heterocycles.